The van der Waals surface area contributed by atoms with Gasteiger partial charge in [-0.15, -0.1) is 0 Å². The first-order chi connectivity index (χ1) is 11.6. The summed E-state index contributed by atoms with van der Waals surface area (Å²) in [6, 6.07) is 10.8. The number of nitrogens with zero attached hydrogens (tertiary/aromatic N) is 2. The molecule has 0 aliphatic carbocycles. The van der Waals surface area contributed by atoms with Crippen LogP contribution in [0.4, 0.5) is 11.4 Å². The molecule has 2 rings (SSSR count). The Morgan fingerprint density at radius 3 is 2.42 bits per heavy atom. The third-order valence-corrected chi connectivity index (χ3v) is 3.31. The Kier molecular flexibility index (Phi) is 6.57. The molecule has 0 atom stereocenters. The second-order valence-corrected chi connectivity index (χ2v) is 5.57. The maximum atomic E-state index is 12.2. The van der Waals surface area contributed by atoms with E-state index in [1.165, 1.54) is 0 Å². The Morgan fingerprint density at radius 1 is 1.12 bits per heavy atom. The number of anilines is 2. The van der Waals surface area contributed by atoms with Crippen LogP contribution in [0, 0.1) is 0 Å². The number of amides is 1. The van der Waals surface area contributed by atoms with Gasteiger partial charge in [0.05, 0.1) is 18.5 Å². The Balaban J connectivity index is 1.89. The molecule has 2 N–H and O–H groups in total. The van der Waals surface area contributed by atoms with Gasteiger partial charge in [0.1, 0.15) is 11.4 Å². The first-order valence-electron chi connectivity index (χ1n) is 7.97. The van der Waals surface area contributed by atoms with Gasteiger partial charge >= 0.3 is 0 Å². The molecule has 1 amide bonds. The van der Waals surface area contributed by atoms with Gasteiger partial charge in [-0.25, -0.2) is 4.98 Å². The van der Waals surface area contributed by atoms with Crippen LogP contribution in [-0.2, 0) is 0 Å². The van der Waals surface area contributed by atoms with E-state index < -0.39 is 0 Å². The Labute approximate surface area is 142 Å². The summed E-state index contributed by atoms with van der Waals surface area (Å²) in [5.41, 5.74) is 1.98. The zero-order chi connectivity index (χ0) is 17.4. The summed E-state index contributed by atoms with van der Waals surface area (Å²) in [4.78, 5) is 18.5. The summed E-state index contributed by atoms with van der Waals surface area (Å²) in [7, 11) is 4.04. The predicted octanol–water partition coefficient (Wildman–Crippen LogP) is 2.71. The fourth-order valence-electron chi connectivity index (χ4n) is 2.05. The van der Waals surface area contributed by atoms with E-state index in [2.05, 4.69) is 20.5 Å². The number of carbonyl (C=O) groups excluding carboxylic acids is 1. The lowest BCUT2D eigenvalue weighted by molar-refractivity contribution is 0.102. The van der Waals surface area contributed by atoms with Gasteiger partial charge in [-0.3, -0.25) is 4.79 Å². The molecule has 1 aromatic heterocycles. The SMILES string of the molecule is CCOc1ccc(NC(=O)c2ccc(NCCN(C)C)cn2)cc1. The number of rotatable bonds is 8. The molecule has 0 unspecified atom stereocenters. The maximum absolute atomic E-state index is 12.2. The normalized spacial score (nSPS) is 10.5. The van der Waals surface area contributed by atoms with Gasteiger partial charge in [-0.05, 0) is 57.4 Å². The lowest BCUT2D eigenvalue weighted by Gasteiger charge is -2.11. The monoisotopic (exact) mass is 328 g/mol. The van der Waals surface area contributed by atoms with Crippen molar-refractivity contribution in [1.29, 1.82) is 0 Å². The molecule has 0 saturated heterocycles. The topological polar surface area (TPSA) is 66.5 Å². The van der Waals surface area contributed by atoms with E-state index in [4.69, 9.17) is 4.74 Å². The lowest BCUT2D eigenvalue weighted by Crippen LogP contribution is -2.21. The molecule has 0 aliphatic rings. The van der Waals surface area contributed by atoms with Crippen LogP contribution in [-0.4, -0.2) is 49.6 Å². The third kappa shape index (κ3) is 5.55. The minimum atomic E-state index is -0.237. The number of benzene rings is 1. The van der Waals surface area contributed by atoms with E-state index in [1.54, 1.807) is 24.4 Å². The van der Waals surface area contributed by atoms with E-state index in [0.29, 0.717) is 18.0 Å². The average molecular weight is 328 g/mol. The molecule has 24 heavy (non-hydrogen) atoms. The molecule has 1 heterocycles. The molecule has 2 aromatic rings. The smallest absolute Gasteiger partial charge is 0.274 e. The van der Waals surface area contributed by atoms with Gasteiger partial charge < -0.3 is 20.3 Å². The number of pyridine rings is 1. The van der Waals surface area contributed by atoms with Gasteiger partial charge in [0.25, 0.3) is 5.91 Å². The van der Waals surface area contributed by atoms with Crippen molar-refractivity contribution in [3.63, 3.8) is 0 Å². The molecular formula is C18H24N4O2. The quantitative estimate of drug-likeness (QED) is 0.780. The molecule has 6 nitrogen and oxygen atoms in total. The minimum absolute atomic E-state index is 0.237. The van der Waals surface area contributed by atoms with Crippen molar-refractivity contribution in [3.8, 4) is 5.75 Å². The number of nitrogens with one attached hydrogen (secondary N) is 2. The zero-order valence-corrected chi connectivity index (χ0v) is 14.4. The second-order valence-electron chi connectivity index (χ2n) is 5.57. The first kappa shape index (κ1) is 17.7. The van der Waals surface area contributed by atoms with E-state index in [0.717, 1.165) is 24.5 Å². The molecule has 0 bridgehead atoms. The minimum Gasteiger partial charge on any atom is -0.494 e. The van der Waals surface area contributed by atoms with E-state index >= 15 is 0 Å². The van der Waals surface area contributed by atoms with Gasteiger partial charge in [0.2, 0.25) is 0 Å². The summed E-state index contributed by atoms with van der Waals surface area (Å²) in [6.45, 7) is 4.30. The van der Waals surface area contributed by atoms with Gasteiger partial charge in [0, 0.05) is 18.8 Å². The molecule has 0 radical (unpaired) electrons. The van der Waals surface area contributed by atoms with E-state index in [-0.39, 0.29) is 5.91 Å². The van der Waals surface area contributed by atoms with Gasteiger partial charge in [0.15, 0.2) is 0 Å². The summed E-state index contributed by atoms with van der Waals surface area (Å²) in [5.74, 6) is 0.542. The highest BCUT2D eigenvalue weighted by atomic mass is 16.5. The Hall–Kier alpha value is -2.60. The van der Waals surface area contributed by atoms with Gasteiger partial charge in [-0.2, -0.15) is 0 Å². The van der Waals surface area contributed by atoms with Crippen LogP contribution in [0.15, 0.2) is 42.6 Å². The van der Waals surface area contributed by atoms with E-state index in [9.17, 15) is 4.79 Å². The van der Waals surface area contributed by atoms with Crippen LogP contribution < -0.4 is 15.4 Å². The van der Waals surface area contributed by atoms with Crippen LogP contribution in [0.1, 0.15) is 17.4 Å². The third-order valence-electron chi connectivity index (χ3n) is 3.31. The van der Waals surface area contributed by atoms with Crippen LogP contribution >= 0.6 is 0 Å². The Morgan fingerprint density at radius 2 is 1.83 bits per heavy atom. The standard InChI is InChI=1S/C18H24N4O2/c1-4-24-16-8-5-14(6-9-16)21-18(23)17-10-7-15(13-20-17)19-11-12-22(2)3/h5-10,13,19H,4,11-12H2,1-3H3,(H,21,23). The second kappa shape index (κ2) is 8.88. The molecule has 0 saturated carbocycles. The molecule has 0 spiro atoms. The fourth-order valence-corrected chi connectivity index (χ4v) is 2.05. The molecule has 128 valence electrons. The predicted molar refractivity (Wildman–Crippen MR) is 96.8 cm³/mol. The van der Waals surface area contributed by atoms with Gasteiger partial charge in [-0.1, -0.05) is 0 Å². The summed E-state index contributed by atoms with van der Waals surface area (Å²) < 4.78 is 5.38. The van der Waals surface area contributed by atoms with Crippen molar-refractivity contribution in [2.24, 2.45) is 0 Å². The molecule has 0 aliphatic heterocycles. The summed E-state index contributed by atoms with van der Waals surface area (Å²) in [6.07, 6.45) is 1.67. The van der Waals surface area contributed by atoms with Crippen LogP contribution in [0.2, 0.25) is 0 Å². The molecule has 0 fully saturated rings. The number of aromatic nitrogens is 1. The van der Waals surface area contributed by atoms with Crippen LogP contribution in [0.3, 0.4) is 0 Å². The van der Waals surface area contributed by atoms with Crippen molar-refractivity contribution in [1.82, 2.24) is 9.88 Å². The largest absolute Gasteiger partial charge is 0.494 e. The fraction of sp³-hybridized carbons (Fsp3) is 0.333. The highest BCUT2D eigenvalue weighted by molar-refractivity contribution is 6.02. The number of ether oxygens (including phenoxy) is 1. The van der Waals surface area contributed by atoms with Crippen LogP contribution in [0.5, 0.6) is 5.75 Å². The van der Waals surface area contributed by atoms with Crippen LogP contribution in [0.25, 0.3) is 0 Å². The highest BCUT2D eigenvalue weighted by Crippen LogP contribution is 2.16. The summed E-state index contributed by atoms with van der Waals surface area (Å²) >= 11 is 0. The zero-order valence-electron chi connectivity index (χ0n) is 14.4. The number of carbonyl (C=O) groups is 1. The number of hydrogen-bond acceptors (Lipinski definition) is 5. The first-order valence-corrected chi connectivity index (χ1v) is 7.97. The maximum Gasteiger partial charge on any atom is 0.274 e. The molecular weight excluding hydrogens is 304 g/mol. The van der Waals surface area contributed by atoms with Crippen molar-refractivity contribution in [3.05, 3.63) is 48.3 Å². The molecule has 6 heteroatoms. The van der Waals surface area contributed by atoms with Crippen molar-refractivity contribution >= 4 is 17.3 Å². The number of likely N-dealkylation sites (N-methyl/N-ethyl adjacent to an activating group) is 1. The Bertz CT molecular complexity index is 639. The average Bonchev–Trinajstić information content (AvgIpc) is 2.57. The van der Waals surface area contributed by atoms with Crippen molar-refractivity contribution in [2.45, 2.75) is 6.92 Å². The van der Waals surface area contributed by atoms with E-state index in [1.807, 2.05) is 39.2 Å². The highest BCUT2D eigenvalue weighted by Gasteiger charge is 2.08. The molecule has 1 aromatic carbocycles. The lowest BCUT2D eigenvalue weighted by atomic mass is 10.2. The number of hydrogen-bond donors (Lipinski definition) is 2. The van der Waals surface area contributed by atoms with Crippen molar-refractivity contribution < 1.29 is 9.53 Å². The summed E-state index contributed by atoms with van der Waals surface area (Å²) in [5, 5.41) is 6.08. The van der Waals surface area contributed by atoms with Crippen molar-refractivity contribution in [2.75, 3.05) is 44.4 Å².